The Bertz CT molecular complexity index is 589. The molecule has 108 valence electrons. The fourth-order valence-electron chi connectivity index (χ4n) is 2.14. The molecule has 0 atom stereocenters. The number of quaternary nitrogens is 1. The van der Waals surface area contributed by atoms with Crippen molar-refractivity contribution in [1.82, 2.24) is 4.72 Å². The summed E-state index contributed by atoms with van der Waals surface area (Å²) in [5.74, 6) is 0. The first-order valence-corrected chi connectivity index (χ1v) is 8.02. The molecular weight excluding hydrogens is 278 g/mol. The molecule has 0 spiro atoms. The van der Waals surface area contributed by atoms with Crippen LogP contribution in [-0.4, -0.2) is 47.8 Å². The average Bonchev–Trinajstić information content (AvgIpc) is 2.48. The Kier molecular flexibility index (Phi) is 5.09. The molecule has 2 N–H and O–H groups in total. The van der Waals surface area contributed by atoms with Gasteiger partial charge in [-0.1, -0.05) is 12.1 Å². The number of rotatable bonds is 5. The quantitative estimate of drug-likeness (QED) is 0.711. The minimum atomic E-state index is -3.62. The molecular formula is C13H18N3O3S+. The molecule has 6 nitrogen and oxygen atoms in total. The van der Waals surface area contributed by atoms with E-state index >= 15 is 0 Å². The molecule has 0 unspecified atom stereocenters. The molecule has 0 bridgehead atoms. The van der Waals surface area contributed by atoms with Crippen LogP contribution in [-0.2, 0) is 14.8 Å². The van der Waals surface area contributed by atoms with Gasteiger partial charge in [0, 0.05) is 0 Å². The van der Waals surface area contributed by atoms with E-state index in [4.69, 9.17) is 10.00 Å². The summed E-state index contributed by atoms with van der Waals surface area (Å²) in [7, 11) is -3.62. The number of benzene rings is 1. The van der Waals surface area contributed by atoms with Crippen molar-refractivity contribution in [2.75, 3.05) is 39.4 Å². The highest BCUT2D eigenvalue weighted by atomic mass is 32.2. The standard InChI is InChI=1S/C13H17N3O3S/c14-11-12-3-1-2-4-13(12)20(17,18)15-5-6-16-7-9-19-10-8-16/h1-4,15H,5-10H2/p+1. The van der Waals surface area contributed by atoms with E-state index in [1.165, 1.54) is 17.0 Å². The van der Waals surface area contributed by atoms with Gasteiger partial charge in [0.2, 0.25) is 10.0 Å². The van der Waals surface area contributed by atoms with Crippen LogP contribution in [0.15, 0.2) is 29.2 Å². The maximum Gasteiger partial charge on any atom is 0.242 e. The number of morpholine rings is 1. The molecule has 1 aliphatic heterocycles. The van der Waals surface area contributed by atoms with Crippen molar-refractivity contribution < 1.29 is 18.1 Å². The number of nitrogens with one attached hydrogen (secondary N) is 2. The third-order valence-corrected chi connectivity index (χ3v) is 4.79. The van der Waals surface area contributed by atoms with E-state index in [1.807, 2.05) is 6.07 Å². The van der Waals surface area contributed by atoms with E-state index in [1.54, 1.807) is 12.1 Å². The molecule has 20 heavy (non-hydrogen) atoms. The summed E-state index contributed by atoms with van der Waals surface area (Å²) < 4.78 is 32.1. The van der Waals surface area contributed by atoms with Crippen molar-refractivity contribution in [2.24, 2.45) is 0 Å². The van der Waals surface area contributed by atoms with Crippen LogP contribution in [0.4, 0.5) is 0 Å². The van der Waals surface area contributed by atoms with Crippen LogP contribution in [0.25, 0.3) is 0 Å². The maximum absolute atomic E-state index is 12.2. The number of nitriles is 1. The Labute approximate surface area is 119 Å². The summed E-state index contributed by atoms with van der Waals surface area (Å²) in [6, 6.07) is 8.11. The summed E-state index contributed by atoms with van der Waals surface area (Å²) in [6.07, 6.45) is 0. The SMILES string of the molecule is N#Cc1ccccc1S(=O)(=O)NCC[NH+]1CCOCC1. The molecule has 2 rings (SSSR count). The van der Waals surface area contributed by atoms with Crippen molar-refractivity contribution >= 4 is 10.0 Å². The Hall–Kier alpha value is -1.46. The van der Waals surface area contributed by atoms with E-state index in [9.17, 15) is 8.42 Å². The molecule has 0 aromatic heterocycles. The lowest BCUT2D eigenvalue weighted by Gasteiger charge is -2.23. The number of hydrogen-bond acceptors (Lipinski definition) is 4. The zero-order chi connectivity index (χ0) is 14.4. The van der Waals surface area contributed by atoms with E-state index in [0.29, 0.717) is 6.54 Å². The van der Waals surface area contributed by atoms with E-state index in [0.717, 1.165) is 32.8 Å². The molecule has 1 aliphatic rings. The highest BCUT2D eigenvalue weighted by Crippen LogP contribution is 2.13. The van der Waals surface area contributed by atoms with Gasteiger partial charge in [-0.15, -0.1) is 0 Å². The lowest BCUT2D eigenvalue weighted by molar-refractivity contribution is -0.906. The molecule has 1 aromatic carbocycles. The predicted octanol–water partition coefficient (Wildman–Crippen LogP) is -1.25. The number of sulfonamides is 1. The minimum Gasteiger partial charge on any atom is -0.370 e. The van der Waals surface area contributed by atoms with Crippen LogP contribution in [0.5, 0.6) is 0 Å². The smallest absolute Gasteiger partial charge is 0.242 e. The highest BCUT2D eigenvalue weighted by Gasteiger charge is 2.19. The monoisotopic (exact) mass is 296 g/mol. The normalized spacial score (nSPS) is 16.8. The first-order chi connectivity index (χ1) is 9.63. The highest BCUT2D eigenvalue weighted by molar-refractivity contribution is 7.89. The summed E-state index contributed by atoms with van der Waals surface area (Å²) >= 11 is 0. The van der Waals surface area contributed by atoms with Gasteiger partial charge in [0.15, 0.2) is 0 Å². The lowest BCUT2D eigenvalue weighted by atomic mass is 10.2. The summed E-state index contributed by atoms with van der Waals surface area (Å²) in [6.45, 7) is 4.32. The zero-order valence-electron chi connectivity index (χ0n) is 11.1. The third-order valence-electron chi connectivity index (χ3n) is 3.27. The molecule has 0 aliphatic carbocycles. The fraction of sp³-hybridized carbons (Fsp3) is 0.462. The molecule has 1 aromatic rings. The van der Waals surface area contributed by atoms with Crippen molar-refractivity contribution in [3.8, 4) is 6.07 Å². The Morgan fingerprint density at radius 2 is 2.00 bits per heavy atom. The van der Waals surface area contributed by atoms with E-state index in [-0.39, 0.29) is 10.5 Å². The van der Waals surface area contributed by atoms with Gasteiger partial charge in [0.05, 0.1) is 36.8 Å². The van der Waals surface area contributed by atoms with E-state index < -0.39 is 10.0 Å². The molecule has 1 fully saturated rings. The molecule has 1 saturated heterocycles. The third kappa shape index (κ3) is 3.77. The molecule has 0 radical (unpaired) electrons. The van der Waals surface area contributed by atoms with Crippen molar-refractivity contribution in [3.63, 3.8) is 0 Å². The van der Waals surface area contributed by atoms with E-state index in [2.05, 4.69) is 4.72 Å². The van der Waals surface area contributed by atoms with Crippen molar-refractivity contribution in [2.45, 2.75) is 4.90 Å². The van der Waals surface area contributed by atoms with Crippen LogP contribution in [0.3, 0.4) is 0 Å². The van der Waals surface area contributed by atoms with Gasteiger partial charge in [0.1, 0.15) is 19.2 Å². The summed E-state index contributed by atoms with van der Waals surface area (Å²) in [5.41, 5.74) is 0.165. The van der Waals surface area contributed by atoms with Gasteiger partial charge in [-0.2, -0.15) is 5.26 Å². The molecule has 0 amide bonds. The summed E-state index contributed by atoms with van der Waals surface area (Å²) in [4.78, 5) is 1.37. The lowest BCUT2D eigenvalue weighted by Crippen LogP contribution is -3.14. The van der Waals surface area contributed by atoms with Gasteiger partial charge in [0.25, 0.3) is 0 Å². The van der Waals surface area contributed by atoms with Gasteiger partial charge in [-0.3, -0.25) is 0 Å². The first-order valence-electron chi connectivity index (χ1n) is 6.53. The van der Waals surface area contributed by atoms with Crippen LogP contribution in [0.2, 0.25) is 0 Å². The largest absolute Gasteiger partial charge is 0.370 e. The van der Waals surface area contributed by atoms with Crippen LogP contribution in [0, 0.1) is 11.3 Å². The van der Waals surface area contributed by atoms with Crippen LogP contribution < -0.4 is 9.62 Å². The predicted molar refractivity (Wildman–Crippen MR) is 72.7 cm³/mol. The number of hydrogen-bond donors (Lipinski definition) is 2. The Balaban J connectivity index is 1.95. The Morgan fingerprint density at radius 1 is 1.30 bits per heavy atom. The van der Waals surface area contributed by atoms with Crippen LogP contribution >= 0.6 is 0 Å². The fourth-order valence-corrected chi connectivity index (χ4v) is 3.33. The van der Waals surface area contributed by atoms with Crippen molar-refractivity contribution in [3.05, 3.63) is 29.8 Å². The summed E-state index contributed by atoms with van der Waals surface area (Å²) in [5, 5.41) is 8.95. The van der Waals surface area contributed by atoms with Gasteiger partial charge < -0.3 is 9.64 Å². The maximum atomic E-state index is 12.2. The number of ether oxygens (including phenoxy) is 1. The van der Waals surface area contributed by atoms with Gasteiger partial charge in [-0.05, 0) is 12.1 Å². The number of nitrogens with zero attached hydrogens (tertiary/aromatic N) is 1. The molecule has 1 heterocycles. The van der Waals surface area contributed by atoms with Gasteiger partial charge >= 0.3 is 0 Å². The first kappa shape index (κ1) is 14.9. The Morgan fingerprint density at radius 3 is 2.70 bits per heavy atom. The second-order valence-electron chi connectivity index (χ2n) is 4.62. The average molecular weight is 296 g/mol. The minimum absolute atomic E-state index is 0.0412. The van der Waals surface area contributed by atoms with Crippen molar-refractivity contribution in [1.29, 1.82) is 5.26 Å². The topological polar surface area (TPSA) is 83.6 Å². The van der Waals surface area contributed by atoms with Gasteiger partial charge in [-0.25, -0.2) is 13.1 Å². The molecule has 0 saturated carbocycles. The second kappa shape index (κ2) is 6.81. The molecule has 7 heteroatoms. The van der Waals surface area contributed by atoms with Crippen LogP contribution in [0.1, 0.15) is 5.56 Å². The zero-order valence-corrected chi connectivity index (χ0v) is 11.9. The second-order valence-corrected chi connectivity index (χ2v) is 6.35.